The molecule has 2 heterocycles. The lowest BCUT2D eigenvalue weighted by atomic mass is 9.98. The van der Waals surface area contributed by atoms with Gasteiger partial charge in [-0.2, -0.15) is 23.5 Å². The topological polar surface area (TPSA) is 95.6 Å². The monoisotopic (exact) mass is 552 g/mol. The third-order valence-corrected chi connectivity index (χ3v) is 6.32. The van der Waals surface area contributed by atoms with Gasteiger partial charge in [0.15, 0.2) is 5.69 Å². The van der Waals surface area contributed by atoms with E-state index in [1.807, 2.05) is 54.6 Å². The van der Waals surface area contributed by atoms with E-state index in [9.17, 15) is 23.2 Å². The number of amides is 1. The van der Waals surface area contributed by atoms with Crippen LogP contribution >= 0.6 is 0 Å². The van der Waals surface area contributed by atoms with Crippen LogP contribution in [0.2, 0.25) is 0 Å². The van der Waals surface area contributed by atoms with Crippen LogP contribution in [0.5, 0.6) is 0 Å². The first-order valence-electron chi connectivity index (χ1n) is 12.6. The number of halogens is 3. The quantitative estimate of drug-likeness (QED) is 0.236. The minimum atomic E-state index is -4.77. The van der Waals surface area contributed by atoms with E-state index in [4.69, 9.17) is 0 Å². The average Bonchev–Trinajstić information content (AvgIpc) is 3.46. The average molecular weight is 553 g/mol. The molecule has 0 fully saturated rings. The number of anilines is 1. The molecule has 10 heteroatoms. The fourth-order valence-corrected chi connectivity index (χ4v) is 4.37. The summed E-state index contributed by atoms with van der Waals surface area (Å²) in [7, 11) is 0. The van der Waals surface area contributed by atoms with Crippen LogP contribution in [-0.2, 0) is 12.7 Å². The minimum Gasteiger partial charge on any atom is -0.321 e. The normalized spacial score (nSPS) is 12.0. The number of carbonyl (C=O) groups excluding carboxylic acids is 1. The number of nitrogens with zero attached hydrogens (tertiary/aromatic N) is 4. The Morgan fingerprint density at radius 1 is 0.902 bits per heavy atom. The summed E-state index contributed by atoms with van der Waals surface area (Å²) in [5, 5.41) is 19.1. The van der Waals surface area contributed by atoms with Gasteiger partial charge in [-0.15, -0.1) is 0 Å². The third-order valence-electron chi connectivity index (χ3n) is 6.32. The second-order valence-electron chi connectivity index (χ2n) is 9.15. The van der Waals surface area contributed by atoms with Crippen LogP contribution in [0.1, 0.15) is 44.5 Å². The molecular weight excluding hydrogens is 529 g/mol. The van der Waals surface area contributed by atoms with Crippen molar-refractivity contribution in [2.45, 2.75) is 18.8 Å². The van der Waals surface area contributed by atoms with Crippen LogP contribution in [0.25, 0.3) is 5.69 Å². The van der Waals surface area contributed by atoms with Crippen molar-refractivity contribution < 1.29 is 18.0 Å². The van der Waals surface area contributed by atoms with Crippen LogP contribution in [0.4, 0.5) is 18.9 Å². The van der Waals surface area contributed by atoms with Crippen molar-refractivity contribution in [2.24, 2.45) is 0 Å². The second kappa shape index (κ2) is 11.9. The Hall–Kier alpha value is -5.27. The number of nitriles is 1. The van der Waals surface area contributed by atoms with Crippen molar-refractivity contribution in [3.05, 3.63) is 143 Å². The number of rotatable bonds is 8. The van der Waals surface area contributed by atoms with Crippen LogP contribution in [0.15, 0.2) is 109 Å². The van der Waals surface area contributed by atoms with Crippen molar-refractivity contribution in [3.63, 3.8) is 0 Å². The summed E-state index contributed by atoms with van der Waals surface area (Å²) in [6, 6.07) is 29.0. The number of nitrogens with one attached hydrogen (secondary N) is 2. The van der Waals surface area contributed by atoms with Gasteiger partial charge in [0.05, 0.1) is 23.4 Å². The van der Waals surface area contributed by atoms with Gasteiger partial charge in [0.25, 0.3) is 5.91 Å². The molecule has 0 aliphatic rings. The first-order valence-corrected chi connectivity index (χ1v) is 12.6. The van der Waals surface area contributed by atoms with E-state index in [1.54, 1.807) is 30.6 Å². The Balaban J connectivity index is 1.45. The van der Waals surface area contributed by atoms with Gasteiger partial charge < -0.3 is 10.6 Å². The third kappa shape index (κ3) is 6.49. The molecule has 2 aromatic heterocycles. The summed E-state index contributed by atoms with van der Waals surface area (Å²) in [6.45, 7) is 0.555. The SMILES string of the molecule is N#Cc1cccc(-n2nc(C(F)(F)F)cc2C(=O)Nc2cccc(C(NCc3ccncc3)c3ccccc3)c2)c1. The molecule has 0 spiro atoms. The molecule has 7 nitrogen and oxygen atoms in total. The maximum absolute atomic E-state index is 13.6. The van der Waals surface area contributed by atoms with Gasteiger partial charge in [0.1, 0.15) is 5.69 Å². The highest BCUT2D eigenvalue weighted by Gasteiger charge is 2.36. The van der Waals surface area contributed by atoms with Crippen molar-refractivity contribution in [1.82, 2.24) is 20.1 Å². The number of pyridine rings is 1. The number of aromatic nitrogens is 3. The fourth-order valence-electron chi connectivity index (χ4n) is 4.37. The molecule has 41 heavy (non-hydrogen) atoms. The van der Waals surface area contributed by atoms with Gasteiger partial charge in [0.2, 0.25) is 0 Å². The Kier molecular flexibility index (Phi) is 7.90. The maximum atomic E-state index is 13.6. The largest absolute Gasteiger partial charge is 0.435 e. The minimum absolute atomic E-state index is 0.155. The molecular formula is C31H23F3N6O. The summed E-state index contributed by atoms with van der Waals surface area (Å²) in [5.41, 5.74) is 2.10. The molecule has 0 radical (unpaired) electrons. The predicted molar refractivity (Wildman–Crippen MR) is 147 cm³/mol. The molecule has 0 bridgehead atoms. The van der Waals surface area contributed by atoms with Crippen molar-refractivity contribution >= 4 is 11.6 Å². The van der Waals surface area contributed by atoms with E-state index in [2.05, 4.69) is 20.7 Å². The van der Waals surface area contributed by atoms with Crippen molar-refractivity contribution in [3.8, 4) is 11.8 Å². The Morgan fingerprint density at radius 3 is 2.37 bits per heavy atom. The number of carbonyl (C=O) groups is 1. The standard InChI is InChI=1S/C31H23F3N6O/c32-31(33,34)28-18-27(40(39-28)26-11-4-6-22(16-26)19-35)30(41)38-25-10-5-9-24(17-25)29(23-7-2-1-3-8-23)37-20-21-12-14-36-15-13-21/h1-18,29,37H,20H2,(H,38,41). The molecule has 1 amide bonds. The van der Waals surface area contributed by atoms with Gasteiger partial charge in [-0.05, 0) is 59.2 Å². The highest BCUT2D eigenvalue weighted by Crippen LogP contribution is 2.30. The van der Waals surface area contributed by atoms with Crippen LogP contribution in [-0.4, -0.2) is 20.7 Å². The molecule has 0 saturated heterocycles. The molecule has 0 saturated carbocycles. The number of benzene rings is 3. The summed E-state index contributed by atoms with van der Waals surface area (Å²) in [5.74, 6) is -0.784. The number of hydrogen-bond acceptors (Lipinski definition) is 5. The molecule has 1 unspecified atom stereocenters. The fraction of sp³-hybridized carbons (Fsp3) is 0.0968. The predicted octanol–water partition coefficient (Wildman–Crippen LogP) is 6.29. The van der Waals surface area contributed by atoms with E-state index in [-0.39, 0.29) is 23.0 Å². The zero-order valence-electron chi connectivity index (χ0n) is 21.5. The van der Waals surface area contributed by atoms with Gasteiger partial charge in [0, 0.05) is 30.7 Å². The lowest BCUT2D eigenvalue weighted by molar-refractivity contribution is -0.141. The molecule has 5 rings (SSSR count). The first-order chi connectivity index (χ1) is 19.8. The molecule has 0 aliphatic heterocycles. The van der Waals surface area contributed by atoms with E-state index in [0.29, 0.717) is 18.3 Å². The summed E-state index contributed by atoms with van der Waals surface area (Å²) in [4.78, 5) is 17.4. The molecule has 2 N–H and O–H groups in total. The summed E-state index contributed by atoms with van der Waals surface area (Å²) >= 11 is 0. The van der Waals surface area contributed by atoms with Gasteiger partial charge in [-0.25, -0.2) is 4.68 Å². The summed E-state index contributed by atoms with van der Waals surface area (Å²) in [6.07, 6.45) is -1.33. The second-order valence-corrected chi connectivity index (χ2v) is 9.15. The van der Waals surface area contributed by atoms with Crippen molar-refractivity contribution in [1.29, 1.82) is 5.26 Å². The number of alkyl halides is 3. The van der Waals surface area contributed by atoms with E-state index >= 15 is 0 Å². The van der Waals surface area contributed by atoms with Crippen molar-refractivity contribution in [2.75, 3.05) is 5.32 Å². The highest BCUT2D eigenvalue weighted by atomic mass is 19.4. The van der Waals surface area contributed by atoms with E-state index < -0.39 is 17.8 Å². The molecule has 204 valence electrons. The molecule has 1 atom stereocenters. The zero-order valence-corrected chi connectivity index (χ0v) is 21.5. The lowest BCUT2D eigenvalue weighted by Gasteiger charge is -2.21. The Labute approximate surface area is 233 Å². The van der Waals surface area contributed by atoms with E-state index in [0.717, 1.165) is 21.4 Å². The number of hydrogen-bond donors (Lipinski definition) is 2. The van der Waals surface area contributed by atoms with Gasteiger partial charge in [-0.3, -0.25) is 9.78 Å². The van der Waals surface area contributed by atoms with E-state index in [1.165, 1.54) is 24.3 Å². The molecule has 5 aromatic rings. The van der Waals surface area contributed by atoms with Gasteiger partial charge in [-0.1, -0.05) is 48.5 Å². The smallest absolute Gasteiger partial charge is 0.321 e. The van der Waals surface area contributed by atoms with Gasteiger partial charge >= 0.3 is 6.18 Å². The van der Waals surface area contributed by atoms with Crippen LogP contribution in [0, 0.1) is 11.3 Å². The lowest BCUT2D eigenvalue weighted by Crippen LogP contribution is -2.22. The Morgan fingerprint density at radius 2 is 1.63 bits per heavy atom. The highest BCUT2D eigenvalue weighted by molar-refractivity contribution is 6.03. The van der Waals surface area contributed by atoms with Crippen LogP contribution in [0.3, 0.4) is 0 Å². The first kappa shape index (κ1) is 27.3. The summed E-state index contributed by atoms with van der Waals surface area (Å²) < 4.78 is 41.6. The Bertz CT molecular complexity index is 1690. The zero-order chi connectivity index (χ0) is 28.8. The molecule has 3 aromatic carbocycles. The van der Waals surface area contributed by atoms with Crippen LogP contribution < -0.4 is 10.6 Å². The molecule has 0 aliphatic carbocycles. The maximum Gasteiger partial charge on any atom is 0.435 e.